The maximum absolute atomic E-state index is 12.6. The van der Waals surface area contributed by atoms with Crippen molar-refractivity contribution in [2.75, 3.05) is 0 Å². The van der Waals surface area contributed by atoms with Crippen LogP contribution in [-0.4, -0.2) is 15.5 Å². The van der Waals surface area contributed by atoms with E-state index >= 15 is 0 Å². The summed E-state index contributed by atoms with van der Waals surface area (Å²) in [5, 5.41) is 3.40. The largest absolute Gasteiger partial charge is 0.382 e. The molecule has 0 aromatic heterocycles. The van der Waals surface area contributed by atoms with Crippen molar-refractivity contribution in [3.8, 4) is 0 Å². The summed E-state index contributed by atoms with van der Waals surface area (Å²) in [6.07, 6.45) is 0. The number of hydrogen-bond acceptors (Lipinski definition) is 2. The van der Waals surface area contributed by atoms with Crippen molar-refractivity contribution in [2.24, 2.45) is 10.8 Å². The van der Waals surface area contributed by atoms with Crippen LogP contribution in [-0.2, 0) is 0 Å². The summed E-state index contributed by atoms with van der Waals surface area (Å²) in [6.45, 7) is 0. The highest BCUT2D eigenvalue weighted by atomic mass is 35.6. The Bertz CT molecular complexity index is 442. The van der Waals surface area contributed by atoms with Gasteiger partial charge in [-0.3, -0.25) is 4.79 Å². The second-order valence-electron chi connectivity index (χ2n) is 2.94. The van der Waals surface area contributed by atoms with Crippen molar-refractivity contribution in [2.45, 2.75) is 3.79 Å². The second kappa shape index (κ2) is 5.53. The number of nitrogens with zero attached hydrogens (tertiary/aromatic N) is 1. The molecule has 0 aliphatic heterocycles. The summed E-state index contributed by atoms with van der Waals surface area (Å²) in [5.74, 6) is -1.42. The first-order valence-electron chi connectivity index (χ1n) is 4.27. The number of rotatable bonds is 2. The first-order valence-corrected chi connectivity index (χ1v) is 5.40. The summed E-state index contributed by atoms with van der Waals surface area (Å²) in [5.41, 5.74) is 7.55. The molecule has 17 heavy (non-hydrogen) atoms. The van der Waals surface area contributed by atoms with E-state index in [-0.39, 0.29) is 11.4 Å². The van der Waals surface area contributed by atoms with Crippen LogP contribution in [0.15, 0.2) is 29.4 Å². The lowest BCUT2D eigenvalue weighted by Gasteiger charge is -2.09. The van der Waals surface area contributed by atoms with Crippen LogP contribution in [0.2, 0.25) is 0 Å². The van der Waals surface area contributed by atoms with Gasteiger partial charge in [0.15, 0.2) is 5.84 Å². The van der Waals surface area contributed by atoms with E-state index in [9.17, 15) is 9.18 Å². The van der Waals surface area contributed by atoms with Crippen molar-refractivity contribution >= 4 is 46.5 Å². The molecule has 0 heterocycles. The molecule has 0 saturated heterocycles. The molecule has 1 rings (SSSR count). The maximum atomic E-state index is 12.6. The normalized spacial score (nSPS) is 12.4. The fourth-order valence-corrected chi connectivity index (χ4v) is 0.967. The molecule has 3 N–H and O–H groups in total. The van der Waals surface area contributed by atoms with E-state index in [1.165, 1.54) is 12.1 Å². The highest BCUT2D eigenvalue weighted by Gasteiger charge is 2.25. The van der Waals surface area contributed by atoms with E-state index in [0.717, 1.165) is 12.1 Å². The first-order chi connectivity index (χ1) is 7.80. The highest BCUT2D eigenvalue weighted by Crippen LogP contribution is 2.25. The number of nitrogens with two attached hydrogens (primary N) is 1. The van der Waals surface area contributed by atoms with Gasteiger partial charge in [-0.25, -0.2) is 9.82 Å². The summed E-state index contributed by atoms with van der Waals surface area (Å²) in [7, 11) is 0. The number of amidine groups is 1. The van der Waals surface area contributed by atoms with Crippen LogP contribution in [0.1, 0.15) is 10.4 Å². The van der Waals surface area contributed by atoms with Crippen LogP contribution in [0.5, 0.6) is 0 Å². The molecule has 0 atom stereocenters. The second-order valence-corrected chi connectivity index (χ2v) is 5.22. The number of amides is 1. The van der Waals surface area contributed by atoms with Gasteiger partial charge in [0.1, 0.15) is 5.82 Å². The standard InChI is InChI=1S/C9H7Cl3FN3O/c10-9(11,12)8(14)16-15-7(17)5-1-3-6(13)4-2-5/h1-4H,(H2,14,16)(H,15,17). The summed E-state index contributed by atoms with van der Waals surface area (Å²) >= 11 is 16.2. The molecule has 0 saturated carbocycles. The molecule has 0 radical (unpaired) electrons. The fraction of sp³-hybridized carbons (Fsp3) is 0.111. The third-order valence-electron chi connectivity index (χ3n) is 1.67. The number of halogens is 4. The molecule has 1 aromatic carbocycles. The van der Waals surface area contributed by atoms with E-state index in [2.05, 4.69) is 10.5 Å². The third kappa shape index (κ3) is 4.38. The number of hydrazone groups is 1. The van der Waals surface area contributed by atoms with Crippen LogP contribution < -0.4 is 11.2 Å². The number of carbonyl (C=O) groups is 1. The van der Waals surface area contributed by atoms with Crippen LogP contribution >= 0.6 is 34.8 Å². The van der Waals surface area contributed by atoms with E-state index in [4.69, 9.17) is 40.5 Å². The summed E-state index contributed by atoms with van der Waals surface area (Å²) < 4.78 is 10.7. The molecule has 0 bridgehead atoms. The molecule has 0 aliphatic rings. The Hall–Kier alpha value is -1.04. The van der Waals surface area contributed by atoms with Gasteiger partial charge in [0.25, 0.3) is 5.91 Å². The van der Waals surface area contributed by atoms with Gasteiger partial charge in [-0.2, -0.15) is 5.10 Å². The van der Waals surface area contributed by atoms with Gasteiger partial charge < -0.3 is 5.73 Å². The smallest absolute Gasteiger partial charge is 0.271 e. The molecule has 0 fully saturated rings. The molecular weight excluding hydrogens is 291 g/mol. The average Bonchev–Trinajstić information content (AvgIpc) is 2.25. The Kier molecular flexibility index (Phi) is 4.56. The Balaban J connectivity index is 2.71. The monoisotopic (exact) mass is 297 g/mol. The SMILES string of the molecule is NC(=NNC(=O)c1ccc(F)cc1)C(Cl)(Cl)Cl. The third-order valence-corrected chi connectivity index (χ3v) is 2.26. The van der Waals surface area contributed by atoms with E-state index in [1.807, 2.05) is 0 Å². The van der Waals surface area contributed by atoms with Crippen molar-refractivity contribution in [3.05, 3.63) is 35.6 Å². The van der Waals surface area contributed by atoms with Crippen LogP contribution in [0.25, 0.3) is 0 Å². The Morgan fingerprint density at radius 3 is 2.29 bits per heavy atom. The fourth-order valence-electron chi connectivity index (χ4n) is 0.840. The lowest BCUT2D eigenvalue weighted by atomic mass is 10.2. The quantitative estimate of drug-likeness (QED) is 0.380. The molecule has 92 valence electrons. The van der Waals surface area contributed by atoms with Crippen molar-refractivity contribution in [1.82, 2.24) is 5.43 Å². The number of nitrogens with one attached hydrogen (secondary N) is 1. The molecule has 4 nitrogen and oxygen atoms in total. The number of hydrogen-bond donors (Lipinski definition) is 2. The van der Waals surface area contributed by atoms with E-state index in [1.54, 1.807) is 0 Å². The Morgan fingerprint density at radius 2 is 1.82 bits per heavy atom. The van der Waals surface area contributed by atoms with Crippen molar-refractivity contribution in [1.29, 1.82) is 0 Å². The van der Waals surface area contributed by atoms with E-state index in [0.29, 0.717) is 0 Å². The zero-order valence-corrected chi connectivity index (χ0v) is 10.5. The van der Waals surface area contributed by atoms with Crippen LogP contribution in [0.3, 0.4) is 0 Å². The highest BCUT2D eigenvalue weighted by molar-refractivity contribution is 6.76. The number of alkyl halides is 3. The van der Waals surface area contributed by atoms with Gasteiger partial charge in [0.2, 0.25) is 3.79 Å². The zero-order chi connectivity index (χ0) is 13.1. The predicted molar refractivity (Wildman–Crippen MR) is 65.8 cm³/mol. The molecular formula is C9H7Cl3FN3O. The van der Waals surface area contributed by atoms with Crippen molar-refractivity contribution < 1.29 is 9.18 Å². The Labute approximate surface area is 112 Å². The van der Waals surface area contributed by atoms with Gasteiger partial charge >= 0.3 is 0 Å². The Morgan fingerprint density at radius 1 is 1.29 bits per heavy atom. The minimum absolute atomic E-state index is 0.201. The maximum Gasteiger partial charge on any atom is 0.271 e. The first kappa shape index (κ1) is 14.0. The van der Waals surface area contributed by atoms with Crippen LogP contribution in [0, 0.1) is 5.82 Å². The van der Waals surface area contributed by atoms with Crippen LogP contribution in [0.4, 0.5) is 4.39 Å². The minimum Gasteiger partial charge on any atom is -0.382 e. The predicted octanol–water partition coefficient (Wildman–Crippen LogP) is 2.20. The molecule has 0 spiro atoms. The van der Waals surface area contributed by atoms with Crippen molar-refractivity contribution in [3.63, 3.8) is 0 Å². The molecule has 0 aliphatic carbocycles. The average molecular weight is 299 g/mol. The number of benzene rings is 1. The molecule has 8 heteroatoms. The van der Waals surface area contributed by atoms with E-state index < -0.39 is 15.5 Å². The van der Waals surface area contributed by atoms with Gasteiger partial charge in [-0.1, -0.05) is 34.8 Å². The zero-order valence-electron chi connectivity index (χ0n) is 8.25. The minimum atomic E-state index is -1.89. The molecule has 0 unspecified atom stereocenters. The molecule has 1 amide bonds. The summed E-state index contributed by atoms with van der Waals surface area (Å²) in [6, 6.07) is 4.84. The van der Waals surface area contributed by atoms with Gasteiger partial charge in [0, 0.05) is 5.56 Å². The molecule has 1 aromatic rings. The van der Waals surface area contributed by atoms with Gasteiger partial charge in [-0.05, 0) is 24.3 Å². The topological polar surface area (TPSA) is 67.5 Å². The van der Waals surface area contributed by atoms with Gasteiger partial charge in [0.05, 0.1) is 0 Å². The summed E-state index contributed by atoms with van der Waals surface area (Å²) in [4.78, 5) is 11.5. The lowest BCUT2D eigenvalue weighted by Crippen LogP contribution is -2.32. The lowest BCUT2D eigenvalue weighted by molar-refractivity contribution is 0.0954. The number of carbonyl (C=O) groups excluding carboxylic acids is 1. The van der Waals surface area contributed by atoms with Gasteiger partial charge in [-0.15, -0.1) is 0 Å².